The summed E-state index contributed by atoms with van der Waals surface area (Å²) in [5.41, 5.74) is 5.28. The smallest absolute Gasteiger partial charge is 0.215 e. The van der Waals surface area contributed by atoms with Crippen LogP contribution in [0, 0.1) is 0 Å². The van der Waals surface area contributed by atoms with E-state index in [-0.39, 0.29) is 12.3 Å². The minimum Gasteiger partial charge on any atom is -0.329 e. The predicted molar refractivity (Wildman–Crippen MR) is 63.2 cm³/mol. The second-order valence-corrected chi connectivity index (χ2v) is 6.23. The highest BCUT2D eigenvalue weighted by molar-refractivity contribution is 7.89. The Labute approximate surface area is 94.8 Å². The molecular formula is C9H16N2O2S2. The predicted octanol–water partition coefficient (Wildman–Crippen LogP) is 0.859. The Hall–Kier alpha value is -0.430. The van der Waals surface area contributed by atoms with Crippen molar-refractivity contribution >= 4 is 21.4 Å². The quantitative estimate of drug-likeness (QED) is 0.812. The first-order valence-electron chi connectivity index (χ1n) is 4.80. The summed E-state index contributed by atoms with van der Waals surface area (Å²) in [7, 11) is -3.18. The third kappa shape index (κ3) is 3.57. The Kier molecular flexibility index (Phi) is 4.72. The molecule has 1 heterocycles. The van der Waals surface area contributed by atoms with Crippen LogP contribution in [0.1, 0.15) is 11.8 Å². The Morgan fingerprint density at radius 3 is 2.73 bits per heavy atom. The summed E-state index contributed by atoms with van der Waals surface area (Å²) in [6.07, 6.45) is 0. The van der Waals surface area contributed by atoms with Gasteiger partial charge in [-0.15, -0.1) is 11.3 Å². The molecule has 15 heavy (non-hydrogen) atoms. The van der Waals surface area contributed by atoms with Gasteiger partial charge < -0.3 is 5.73 Å². The minimum atomic E-state index is -3.18. The van der Waals surface area contributed by atoms with Crippen LogP contribution in [0.4, 0.5) is 0 Å². The molecule has 1 aromatic heterocycles. The van der Waals surface area contributed by atoms with E-state index >= 15 is 0 Å². The number of sulfonamides is 1. The molecule has 0 atom stereocenters. The van der Waals surface area contributed by atoms with E-state index in [1.807, 2.05) is 24.4 Å². The van der Waals surface area contributed by atoms with Crippen LogP contribution in [0.2, 0.25) is 0 Å². The average molecular weight is 248 g/mol. The number of nitrogens with two attached hydrogens (primary N) is 1. The molecule has 0 unspecified atom stereocenters. The Bertz CT molecular complexity index is 373. The molecule has 0 amide bonds. The molecule has 0 bridgehead atoms. The van der Waals surface area contributed by atoms with Crippen molar-refractivity contribution in [2.45, 2.75) is 13.5 Å². The highest BCUT2D eigenvalue weighted by atomic mass is 32.2. The van der Waals surface area contributed by atoms with Crippen molar-refractivity contribution in [3.63, 3.8) is 0 Å². The van der Waals surface area contributed by atoms with Crippen LogP contribution in [0.25, 0.3) is 0 Å². The maximum absolute atomic E-state index is 11.7. The van der Waals surface area contributed by atoms with Gasteiger partial charge in [-0.25, -0.2) is 8.42 Å². The van der Waals surface area contributed by atoms with Crippen molar-refractivity contribution in [2.24, 2.45) is 5.73 Å². The Morgan fingerprint density at radius 2 is 2.27 bits per heavy atom. The van der Waals surface area contributed by atoms with Crippen molar-refractivity contribution in [1.29, 1.82) is 0 Å². The molecule has 0 aliphatic rings. The van der Waals surface area contributed by atoms with Crippen LogP contribution in [0.15, 0.2) is 17.5 Å². The highest BCUT2D eigenvalue weighted by Crippen LogP contribution is 2.14. The van der Waals surface area contributed by atoms with Gasteiger partial charge in [0.05, 0.1) is 5.75 Å². The van der Waals surface area contributed by atoms with E-state index in [1.54, 1.807) is 11.3 Å². The van der Waals surface area contributed by atoms with Crippen molar-refractivity contribution in [3.05, 3.63) is 22.4 Å². The van der Waals surface area contributed by atoms with Gasteiger partial charge in [-0.1, -0.05) is 13.0 Å². The first kappa shape index (κ1) is 12.6. The molecule has 6 heteroatoms. The zero-order valence-electron chi connectivity index (χ0n) is 8.72. The molecular weight excluding hydrogens is 232 g/mol. The first-order chi connectivity index (χ1) is 7.10. The van der Waals surface area contributed by atoms with Crippen LogP contribution in [0.5, 0.6) is 0 Å². The lowest BCUT2D eigenvalue weighted by atomic mass is 10.4. The second kappa shape index (κ2) is 5.60. The molecule has 4 nitrogen and oxygen atoms in total. The summed E-state index contributed by atoms with van der Waals surface area (Å²) in [4.78, 5) is 1.05. The van der Waals surface area contributed by atoms with Crippen molar-refractivity contribution in [2.75, 3.05) is 18.8 Å². The lowest BCUT2D eigenvalue weighted by molar-refractivity contribution is 0.426. The molecule has 0 aliphatic heterocycles. The zero-order valence-corrected chi connectivity index (χ0v) is 10.4. The van der Waals surface area contributed by atoms with E-state index in [1.165, 1.54) is 4.31 Å². The Morgan fingerprint density at radius 1 is 1.53 bits per heavy atom. The van der Waals surface area contributed by atoms with E-state index in [0.717, 1.165) is 4.88 Å². The molecule has 0 saturated carbocycles. The molecule has 0 aliphatic carbocycles. The highest BCUT2D eigenvalue weighted by Gasteiger charge is 2.19. The average Bonchev–Trinajstić information content (AvgIpc) is 2.66. The fraction of sp³-hybridized carbons (Fsp3) is 0.556. The molecule has 86 valence electrons. The third-order valence-electron chi connectivity index (χ3n) is 2.03. The molecule has 0 aromatic carbocycles. The first-order valence-corrected chi connectivity index (χ1v) is 7.29. The fourth-order valence-corrected chi connectivity index (χ4v) is 3.35. The van der Waals surface area contributed by atoms with Crippen LogP contribution < -0.4 is 5.73 Å². The van der Waals surface area contributed by atoms with E-state index in [4.69, 9.17) is 5.73 Å². The van der Waals surface area contributed by atoms with Gasteiger partial charge >= 0.3 is 0 Å². The largest absolute Gasteiger partial charge is 0.329 e. The fourth-order valence-electron chi connectivity index (χ4n) is 1.26. The van der Waals surface area contributed by atoms with E-state index in [9.17, 15) is 8.42 Å². The van der Waals surface area contributed by atoms with Gasteiger partial charge in [0.1, 0.15) is 0 Å². The second-order valence-electron chi connectivity index (χ2n) is 3.11. The molecule has 0 spiro atoms. The van der Waals surface area contributed by atoms with Gasteiger partial charge in [-0.05, 0) is 11.4 Å². The molecule has 1 rings (SSSR count). The van der Waals surface area contributed by atoms with E-state index in [0.29, 0.717) is 13.1 Å². The summed E-state index contributed by atoms with van der Waals surface area (Å²) in [5.74, 6) is 0.0201. The van der Waals surface area contributed by atoms with Crippen molar-refractivity contribution in [1.82, 2.24) is 4.31 Å². The van der Waals surface area contributed by atoms with Crippen LogP contribution >= 0.6 is 11.3 Å². The SMILES string of the molecule is CCN(Cc1cccs1)S(=O)(=O)CCN. The number of hydrogen-bond acceptors (Lipinski definition) is 4. The van der Waals surface area contributed by atoms with Gasteiger partial charge in [0, 0.05) is 24.5 Å². The summed E-state index contributed by atoms with van der Waals surface area (Å²) in [5, 5.41) is 1.94. The van der Waals surface area contributed by atoms with Gasteiger partial charge in [-0.3, -0.25) is 0 Å². The molecule has 1 aromatic rings. The molecule has 0 saturated heterocycles. The normalized spacial score (nSPS) is 12.2. The van der Waals surface area contributed by atoms with Gasteiger partial charge in [0.25, 0.3) is 0 Å². The van der Waals surface area contributed by atoms with Crippen LogP contribution in [-0.4, -0.2) is 31.6 Å². The monoisotopic (exact) mass is 248 g/mol. The summed E-state index contributed by atoms with van der Waals surface area (Å²) in [6, 6.07) is 3.86. The molecule has 2 N–H and O–H groups in total. The number of rotatable bonds is 6. The topological polar surface area (TPSA) is 63.4 Å². The summed E-state index contributed by atoms with van der Waals surface area (Å²) in [6.45, 7) is 2.95. The maximum atomic E-state index is 11.7. The lowest BCUT2D eigenvalue weighted by Gasteiger charge is -2.19. The van der Waals surface area contributed by atoms with Gasteiger partial charge in [-0.2, -0.15) is 4.31 Å². The number of nitrogens with zero attached hydrogens (tertiary/aromatic N) is 1. The zero-order chi connectivity index (χ0) is 11.3. The molecule has 0 radical (unpaired) electrons. The maximum Gasteiger partial charge on any atom is 0.215 e. The standard InChI is InChI=1S/C9H16N2O2S2/c1-2-11(15(12,13)7-5-10)8-9-4-3-6-14-9/h3-4,6H,2,5,7-8,10H2,1H3. The number of thiophene rings is 1. The van der Waals surface area contributed by atoms with E-state index in [2.05, 4.69) is 0 Å². The van der Waals surface area contributed by atoms with Crippen molar-refractivity contribution in [3.8, 4) is 0 Å². The van der Waals surface area contributed by atoms with E-state index < -0.39 is 10.0 Å². The van der Waals surface area contributed by atoms with Crippen LogP contribution in [-0.2, 0) is 16.6 Å². The third-order valence-corrected chi connectivity index (χ3v) is 4.82. The Balaban J connectivity index is 2.72. The van der Waals surface area contributed by atoms with Crippen LogP contribution in [0.3, 0.4) is 0 Å². The van der Waals surface area contributed by atoms with Gasteiger partial charge in [0.15, 0.2) is 0 Å². The van der Waals surface area contributed by atoms with Gasteiger partial charge in [0.2, 0.25) is 10.0 Å². The lowest BCUT2D eigenvalue weighted by Crippen LogP contribution is -2.34. The minimum absolute atomic E-state index is 0.0201. The summed E-state index contributed by atoms with van der Waals surface area (Å²) < 4.78 is 24.9. The summed E-state index contributed by atoms with van der Waals surface area (Å²) >= 11 is 1.56. The molecule has 0 fully saturated rings. The van der Waals surface area contributed by atoms with Crippen molar-refractivity contribution < 1.29 is 8.42 Å². The number of hydrogen-bond donors (Lipinski definition) is 1.